The Bertz CT molecular complexity index is 480. The first-order chi connectivity index (χ1) is 7.74. The minimum atomic E-state index is -0.247. The normalized spacial score (nSPS) is 14.4. The largest absolute Gasteiger partial charge is 0.395 e. The molecule has 5 heteroatoms. The van der Waals surface area contributed by atoms with Gasteiger partial charge in [0, 0.05) is 30.6 Å². The molecule has 0 bridgehead atoms. The van der Waals surface area contributed by atoms with Crippen molar-refractivity contribution in [1.82, 2.24) is 10.3 Å². The Kier molecular flexibility index (Phi) is 2.78. The third kappa shape index (κ3) is 1.72. The van der Waals surface area contributed by atoms with E-state index in [9.17, 15) is 9.59 Å². The van der Waals surface area contributed by atoms with Gasteiger partial charge in [-0.1, -0.05) is 0 Å². The molecule has 82 valence electrons. The van der Waals surface area contributed by atoms with E-state index in [1.165, 1.54) is 24.5 Å². The zero-order valence-corrected chi connectivity index (χ0v) is 8.43. The van der Waals surface area contributed by atoms with E-state index in [0.717, 1.165) is 0 Å². The number of nitrogens with zero attached hydrogens (tertiary/aromatic N) is 1. The predicted octanol–water partition coefficient (Wildman–Crippen LogP) is -0.0736. The highest BCUT2D eigenvalue weighted by Gasteiger charge is 2.24. The van der Waals surface area contributed by atoms with Gasteiger partial charge in [-0.2, -0.15) is 0 Å². The summed E-state index contributed by atoms with van der Waals surface area (Å²) >= 11 is 0. The Hall–Kier alpha value is -2.01. The number of aliphatic hydroxyl groups is 1. The number of hydrogen-bond donors (Lipinski definition) is 2. The summed E-state index contributed by atoms with van der Waals surface area (Å²) in [5.74, 6) is -0.492. The second kappa shape index (κ2) is 4.24. The van der Waals surface area contributed by atoms with Crippen LogP contribution in [0.4, 0.5) is 0 Å². The average molecular weight is 218 g/mol. The van der Waals surface area contributed by atoms with Crippen LogP contribution in [0.25, 0.3) is 0 Å². The molecule has 1 aromatic heterocycles. The minimum Gasteiger partial charge on any atom is -0.395 e. The maximum absolute atomic E-state index is 11.9. The lowest BCUT2D eigenvalue weighted by Gasteiger charge is -2.15. The van der Waals surface area contributed by atoms with Crippen molar-refractivity contribution < 1.29 is 14.7 Å². The Morgan fingerprint density at radius 1 is 1.31 bits per heavy atom. The molecular formula is C11H10N2O3. The fourth-order valence-electron chi connectivity index (χ4n) is 1.53. The molecule has 1 heterocycles. The van der Waals surface area contributed by atoms with Crippen LogP contribution in [0.3, 0.4) is 0 Å². The van der Waals surface area contributed by atoms with Crippen LogP contribution < -0.4 is 5.32 Å². The molecular weight excluding hydrogens is 208 g/mol. The number of nitrogens with one attached hydrogen (secondary N) is 1. The summed E-state index contributed by atoms with van der Waals surface area (Å²) in [6.45, 7) is 0.146. The molecule has 1 aromatic rings. The first-order valence-electron chi connectivity index (χ1n) is 4.83. The zero-order valence-electron chi connectivity index (χ0n) is 8.43. The SMILES string of the molecule is O=C1C=C(NCCO)C(=O)c2ccncc21. The summed E-state index contributed by atoms with van der Waals surface area (Å²) in [4.78, 5) is 27.3. The van der Waals surface area contributed by atoms with Gasteiger partial charge in [0.1, 0.15) is 0 Å². The molecule has 5 nitrogen and oxygen atoms in total. The Balaban J connectivity index is 2.36. The van der Waals surface area contributed by atoms with Crippen LogP contribution in [0, 0.1) is 0 Å². The van der Waals surface area contributed by atoms with E-state index in [0.29, 0.717) is 11.1 Å². The van der Waals surface area contributed by atoms with Crippen LogP contribution in [0.1, 0.15) is 20.7 Å². The molecule has 16 heavy (non-hydrogen) atoms. The lowest BCUT2D eigenvalue weighted by atomic mass is 9.94. The molecule has 2 N–H and O–H groups in total. The molecule has 0 atom stereocenters. The molecule has 0 saturated heterocycles. The van der Waals surface area contributed by atoms with Crippen LogP contribution in [-0.4, -0.2) is 34.8 Å². The zero-order chi connectivity index (χ0) is 11.5. The fraction of sp³-hybridized carbons (Fsp3) is 0.182. The number of aromatic nitrogens is 1. The van der Waals surface area contributed by atoms with Crippen LogP contribution in [0.5, 0.6) is 0 Å². The van der Waals surface area contributed by atoms with Crippen LogP contribution in [0.15, 0.2) is 30.2 Å². The van der Waals surface area contributed by atoms with Gasteiger partial charge in [0.2, 0.25) is 5.78 Å². The molecule has 2 rings (SSSR count). The van der Waals surface area contributed by atoms with E-state index in [4.69, 9.17) is 5.11 Å². The molecule has 0 saturated carbocycles. The van der Waals surface area contributed by atoms with Gasteiger partial charge < -0.3 is 10.4 Å². The number of carbonyl (C=O) groups is 2. The monoisotopic (exact) mass is 218 g/mol. The smallest absolute Gasteiger partial charge is 0.209 e. The van der Waals surface area contributed by atoms with Gasteiger partial charge in [-0.05, 0) is 6.07 Å². The van der Waals surface area contributed by atoms with Crippen molar-refractivity contribution in [1.29, 1.82) is 0 Å². The van der Waals surface area contributed by atoms with Gasteiger partial charge in [-0.3, -0.25) is 14.6 Å². The van der Waals surface area contributed by atoms with Crippen molar-refractivity contribution in [2.45, 2.75) is 0 Å². The number of Topliss-reactive ketones (excluding diaryl/α,β-unsaturated/α-hetero) is 1. The number of allylic oxidation sites excluding steroid dienone is 2. The molecule has 0 amide bonds. The number of rotatable bonds is 3. The van der Waals surface area contributed by atoms with Crippen LogP contribution in [0.2, 0.25) is 0 Å². The van der Waals surface area contributed by atoms with Gasteiger partial charge in [0.15, 0.2) is 5.78 Å². The maximum Gasteiger partial charge on any atom is 0.209 e. The Morgan fingerprint density at radius 3 is 2.88 bits per heavy atom. The van der Waals surface area contributed by atoms with Gasteiger partial charge in [-0.25, -0.2) is 0 Å². The first kappa shape index (κ1) is 10.5. The quantitative estimate of drug-likeness (QED) is 0.742. The topological polar surface area (TPSA) is 79.3 Å². The van der Waals surface area contributed by atoms with Crippen molar-refractivity contribution in [2.24, 2.45) is 0 Å². The molecule has 0 radical (unpaired) electrons. The minimum absolute atomic E-state index is 0.0952. The third-order valence-electron chi connectivity index (χ3n) is 2.28. The second-order valence-corrected chi connectivity index (χ2v) is 3.32. The standard InChI is InChI=1S/C11H10N2O3/c14-4-3-13-9-5-10(15)8-6-12-2-1-7(8)11(9)16/h1-2,5-6,13-14H,3-4H2. The van der Waals surface area contributed by atoms with Crippen LogP contribution >= 0.6 is 0 Å². The fourth-order valence-corrected chi connectivity index (χ4v) is 1.53. The number of fused-ring (bicyclic) bond motifs is 1. The maximum atomic E-state index is 11.9. The number of aliphatic hydroxyl groups excluding tert-OH is 1. The number of hydrogen-bond acceptors (Lipinski definition) is 5. The highest BCUT2D eigenvalue weighted by molar-refractivity contribution is 6.24. The predicted molar refractivity (Wildman–Crippen MR) is 56.1 cm³/mol. The second-order valence-electron chi connectivity index (χ2n) is 3.32. The van der Waals surface area contributed by atoms with Crippen molar-refractivity contribution in [2.75, 3.05) is 13.2 Å². The lowest BCUT2D eigenvalue weighted by molar-refractivity contribution is 0.0977. The molecule has 0 spiro atoms. The van der Waals surface area contributed by atoms with Gasteiger partial charge >= 0.3 is 0 Å². The molecule has 1 aliphatic carbocycles. The van der Waals surface area contributed by atoms with E-state index in [1.807, 2.05) is 0 Å². The van der Waals surface area contributed by atoms with E-state index in [1.54, 1.807) is 0 Å². The summed E-state index contributed by atoms with van der Waals surface area (Å²) in [7, 11) is 0. The average Bonchev–Trinajstić information content (AvgIpc) is 2.32. The van der Waals surface area contributed by atoms with Gasteiger partial charge in [0.25, 0.3) is 0 Å². The number of pyridine rings is 1. The van der Waals surface area contributed by atoms with Crippen molar-refractivity contribution in [3.63, 3.8) is 0 Å². The van der Waals surface area contributed by atoms with Gasteiger partial charge in [-0.15, -0.1) is 0 Å². The number of ketones is 2. The van der Waals surface area contributed by atoms with Crippen molar-refractivity contribution in [3.8, 4) is 0 Å². The highest BCUT2D eigenvalue weighted by Crippen LogP contribution is 2.18. The summed E-state index contributed by atoms with van der Waals surface area (Å²) in [6, 6.07) is 1.52. The third-order valence-corrected chi connectivity index (χ3v) is 2.28. The van der Waals surface area contributed by atoms with E-state index < -0.39 is 0 Å². The summed E-state index contributed by atoms with van der Waals surface area (Å²) < 4.78 is 0. The molecule has 0 fully saturated rings. The molecule has 0 aliphatic heterocycles. The van der Waals surface area contributed by atoms with Crippen molar-refractivity contribution in [3.05, 3.63) is 41.4 Å². The summed E-state index contributed by atoms with van der Waals surface area (Å²) in [6.07, 6.45) is 4.09. The Morgan fingerprint density at radius 2 is 2.12 bits per heavy atom. The molecule has 1 aliphatic rings. The van der Waals surface area contributed by atoms with E-state index in [2.05, 4.69) is 10.3 Å². The summed E-state index contributed by atoms with van der Waals surface area (Å²) in [5.41, 5.74) is 0.891. The molecule has 0 unspecified atom stereocenters. The van der Waals surface area contributed by atoms with Crippen LogP contribution in [-0.2, 0) is 0 Å². The number of carbonyl (C=O) groups excluding carboxylic acids is 2. The van der Waals surface area contributed by atoms with E-state index in [-0.39, 0.29) is 30.4 Å². The first-order valence-corrected chi connectivity index (χ1v) is 4.83. The molecule has 0 aromatic carbocycles. The van der Waals surface area contributed by atoms with Crippen molar-refractivity contribution >= 4 is 11.6 Å². The lowest BCUT2D eigenvalue weighted by Crippen LogP contribution is -2.28. The van der Waals surface area contributed by atoms with E-state index >= 15 is 0 Å². The summed E-state index contributed by atoms with van der Waals surface area (Å²) in [5, 5.41) is 11.4. The van der Waals surface area contributed by atoms with Gasteiger partial charge in [0.05, 0.1) is 17.9 Å². The highest BCUT2D eigenvalue weighted by atomic mass is 16.3. The Labute approximate surface area is 91.8 Å².